The minimum atomic E-state index is -1.19. The molecule has 1 aromatic rings. The van der Waals surface area contributed by atoms with Crippen molar-refractivity contribution in [3.8, 4) is 0 Å². The van der Waals surface area contributed by atoms with E-state index in [1.807, 2.05) is 0 Å². The first-order valence-electron chi connectivity index (χ1n) is 6.49. The van der Waals surface area contributed by atoms with Gasteiger partial charge in [0, 0.05) is 26.0 Å². The van der Waals surface area contributed by atoms with E-state index in [2.05, 4.69) is 10.6 Å². The normalized spacial score (nSPS) is 11.7. The van der Waals surface area contributed by atoms with Crippen LogP contribution in [0.4, 0.5) is 0 Å². The molecular weight excluding hydrogens is 280 g/mol. The lowest BCUT2D eigenvalue weighted by atomic mass is 10.2. The first-order chi connectivity index (χ1) is 10.0. The van der Waals surface area contributed by atoms with Gasteiger partial charge in [0.2, 0.25) is 5.91 Å². The highest BCUT2D eigenvalue weighted by molar-refractivity contribution is 5.91. The Morgan fingerprint density at radius 2 is 2.10 bits per heavy atom. The molecule has 8 nitrogen and oxygen atoms in total. The first-order valence-corrected chi connectivity index (χ1v) is 6.49. The highest BCUT2D eigenvalue weighted by atomic mass is 16.4. The molecule has 0 bridgehead atoms. The summed E-state index contributed by atoms with van der Waals surface area (Å²) >= 11 is 0. The molecule has 1 rings (SSSR count). The number of amides is 2. The van der Waals surface area contributed by atoms with Crippen molar-refractivity contribution in [3.63, 3.8) is 0 Å². The van der Waals surface area contributed by atoms with Gasteiger partial charge >= 0.3 is 5.97 Å². The maximum absolute atomic E-state index is 11.5. The van der Waals surface area contributed by atoms with Crippen molar-refractivity contribution in [2.45, 2.75) is 25.3 Å². The standard InChI is InChI=1S/C13H18N2O6/c16-7-5-9(13(19)20)15-11(17)4-1-6-14-12(18)10-3-2-8-21-10/h2-3,8-9,16H,1,4-7H2,(H,14,18)(H,15,17)(H,19,20)/t9-/m1/s1. The first kappa shape index (κ1) is 16.7. The van der Waals surface area contributed by atoms with Gasteiger partial charge < -0.3 is 25.3 Å². The fourth-order valence-electron chi connectivity index (χ4n) is 1.60. The number of hydrogen-bond donors (Lipinski definition) is 4. The van der Waals surface area contributed by atoms with Crippen LogP contribution < -0.4 is 10.6 Å². The summed E-state index contributed by atoms with van der Waals surface area (Å²) in [5.41, 5.74) is 0. The summed E-state index contributed by atoms with van der Waals surface area (Å²) in [5.74, 6) is -1.82. The fourth-order valence-corrected chi connectivity index (χ4v) is 1.60. The molecule has 0 spiro atoms. The average Bonchev–Trinajstić information content (AvgIpc) is 2.97. The van der Waals surface area contributed by atoms with Crippen molar-refractivity contribution < 1.29 is 29.0 Å². The lowest BCUT2D eigenvalue weighted by Gasteiger charge is -2.13. The highest BCUT2D eigenvalue weighted by Crippen LogP contribution is 1.99. The predicted octanol–water partition coefficient (Wildman–Crippen LogP) is -0.259. The quantitative estimate of drug-likeness (QED) is 0.465. The SMILES string of the molecule is O=C(CCCNC(=O)c1ccco1)N[C@H](CCO)C(=O)O. The topological polar surface area (TPSA) is 129 Å². The Balaban J connectivity index is 2.21. The monoisotopic (exact) mass is 298 g/mol. The molecule has 0 radical (unpaired) electrons. The van der Waals surface area contributed by atoms with Crippen LogP contribution in [0.2, 0.25) is 0 Å². The van der Waals surface area contributed by atoms with Gasteiger partial charge in [-0.05, 0) is 18.6 Å². The van der Waals surface area contributed by atoms with E-state index in [9.17, 15) is 14.4 Å². The van der Waals surface area contributed by atoms with Gasteiger partial charge in [-0.15, -0.1) is 0 Å². The summed E-state index contributed by atoms with van der Waals surface area (Å²) in [6, 6.07) is 2.02. The van der Waals surface area contributed by atoms with Crippen molar-refractivity contribution in [2.24, 2.45) is 0 Å². The molecule has 0 fully saturated rings. The second-order valence-electron chi connectivity index (χ2n) is 4.31. The van der Waals surface area contributed by atoms with Crippen molar-refractivity contribution >= 4 is 17.8 Å². The smallest absolute Gasteiger partial charge is 0.326 e. The van der Waals surface area contributed by atoms with E-state index in [0.717, 1.165) is 0 Å². The summed E-state index contributed by atoms with van der Waals surface area (Å²) in [6.45, 7) is -0.0544. The third-order valence-electron chi connectivity index (χ3n) is 2.66. The number of rotatable bonds is 9. The molecule has 0 unspecified atom stereocenters. The third-order valence-corrected chi connectivity index (χ3v) is 2.66. The lowest BCUT2D eigenvalue weighted by molar-refractivity contribution is -0.142. The highest BCUT2D eigenvalue weighted by Gasteiger charge is 2.18. The summed E-state index contributed by atoms with van der Waals surface area (Å²) in [4.78, 5) is 33.8. The number of carboxylic acids is 1. The molecule has 0 saturated heterocycles. The maximum Gasteiger partial charge on any atom is 0.326 e. The molecule has 116 valence electrons. The Labute approximate surface area is 121 Å². The second kappa shape index (κ2) is 8.75. The molecule has 1 atom stereocenters. The van der Waals surface area contributed by atoms with Crippen molar-refractivity contribution in [3.05, 3.63) is 24.2 Å². The van der Waals surface area contributed by atoms with Gasteiger partial charge in [0.05, 0.1) is 6.26 Å². The zero-order chi connectivity index (χ0) is 15.7. The van der Waals surface area contributed by atoms with E-state index in [0.29, 0.717) is 6.42 Å². The molecule has 2 amide bonds. The van der Waals surface area contributed by atoms with Gasteiger partial charge in [0.15, 0.2) is 5.76 Å². The van der Waals surface area contributed by atoms with Crippen LogP contribution >= 0.6 is 0 Å². The van der Waals surface area contributed by atoms with E-state index < -0.39 is 17.9 Å². The molecule has 8 heteroatoms. The second-order valence-corrected chi connectivity index (χ2v) is 4.31. The number of aliphatic hydroxyl groups excluding tert-OH is 1. The fraction of sp³-hybridized carbons (Fsp3) is 0.462. The number of aliphatic carboxylic acids is 1. The minimum Gasteiger partial charge on any atom is -0.480 e. The van der Waals surface area contributed by atoms with Crippen LogP contribution in [-0.2, 0) is 9.59 Å². The van der Waals surface area contributed by atoms with E-state index in [1.54, 1.807) is 6.07 Å². The Hall–Kier alpha value is -2.35. The number of carbonyl (C=O) groups is 3. The number of nitrogens with one attached hydrogen (secondary N) is 2. The summed E-state index contributed by atoms with van der Waals surface area (Å²) < 4.78 is 4.90. The van der Waals surface area contributed by atoms with Gasteiger partial charge in [-0.1, -0.05) is 0 Å². The van der Waals surface area contributed by atoms with Crippen molar-refractivity contribution in [1.29, 1.82) is 0 Å². The lowest BCUT2D eigenvalue weighted by Crippen LogP contribution is -2.41. The molecule has 0 aromatic carbocycles. The van der Waals surface area contributed by atoms with Gasteiger partial charge in [-0.3, -0.25) is 9.59 Å². The molecule has 4 N–H and O–H groups in total. The molecule has 1 aromatic heterocycles. The van der Waals surface area contributed by atoms with E-state index in [4.69, 9.17) is 14.6 Å². The number of carboxylic acid groups (broad SMARTS) is 1. The summed E-state index contributed by atoms with van der Waals surface area (Å²) in [5, 5.41) is 22.4. The van der Waals surface area contributed by atoms with Crippen LogP contribution in [0.3, 0.4) is 0 Å². The number of furan rings is 1. The van der Waals surface area contributed by atoms with Crippen molar-refractivity contribution in [1.82, 2.24) is 10.6 Å². The Bertz CT molecular complexity index is 471. The van der Waals surface area contributed by atoms with E-state index >= 15 is 0 Å². The average molecular weight is 298 g/mol. The minimum absolute atomic E-state index is 0.0453. The van der Waals surface area contributed by atoms with Gasteiger partial charge in [0.1, 0.15) is 6.04 Å². The number of carbonyl (C=O) groups excluding carboxylic acids is 2. The van der Waals surface area contributed by atoms with Gasteiger partial charge in [-0.2, -0.15) is 0 Å². The van der Waals surface area contributed by atoms with Crippen LogP contribution in [0, 0.1) is 0 Å². The van der Waals surface area contributed by atoms with Gasteiger partial charge in [-0.25, -0.2) is 4.79 Å². The molecular formula is C13H18N2O6. The van der Waals surface area contributed by atoms with Crippen LogP contribution in [0.25, 0.3) is 0 Å². The third kappa shape index (κ3) is 6.09. The summed E-state index contributed by atoms with van der Waals surface area (Å²) in [7, 11) is 0. The molecule has 1 heterocycles. The Morgan fingerprint density at radius 3 is 2.67 bits per heavy atom. The molecule has 0 aliphatic heterocycles. The van der Waals surface area contributed by atoms with Crippen LogP contribution in [0.1, 0.15) is 29.8 Å². The van der Waals surface area contributed by atoms with Crippen LogP contribution in [0.5, 0.6) is 0 Å². The number of hydrogen-bond acceptors (Lipinski definition) is 5. The molecule has 21 heavy (non-hydrogen) atoms. The zero-order valence-corrected chi connectivity index (χ0v) is 11.4. The largest absolute Gasteiger partial charge is 0.480 e. The van der Waals surface area contributed by atoms with Gasteiger partial charge in [0.25, 0.3) is 5.91 Å². The maximum atomic E-state index is 11.5. The molecule has 0 aliphatic carbocycles. The van der Waals surface area contributed by atoms with E-state index in [-0.39, 0.29) is 37.7 Å². The number of aliphatic hydroxyl groups is 1. The van der Waals surface area contributed by atoms with Crippen LogP contribution in [0.15, 0.2) is 22.8 Å². The summed E-state index contributed by atoms with van der Waals surface area (Å²) in [6.07, 6.45) is 1.78. The van der Waals surface area contributed by atoms with E-state index in [1.165, 1.54) is 12.3 Å². The Morgan fingerprint density at radius 1 is 1.33 bits per heavy atom. The molecule has 0 saturated carbocycles. The Kier molecular flexibility index (Phi) is 6.96. The zero-order valence-electron chi connectivity index (χ0n) is 11.4. The van der Waals surface area contributed by atoms with Crippen molar-refractivity contribution in [2.75, 3.05) is 13.2 Å². The van der Waals surface area contributed by atoms with Crippen LogP contribution in [-0.4, -0.2) is 47.2 Å². The molecule has 0 aliphatic rings. The predicted molar refractivity (Wildman–Crippen MR) is 71.5 cm³/mol.